The molecule has 1 saturated carbocycles. The zero-order valence-corrected chi connectivity index (χ0v) is 10.5. The Morgan fingerprint density at radius 3 is 2.62 bits per heavy atom. The van der Waals surface area contributed by atoms with E-state index in [4.69, 9.17) is 10.7 Å². The van der Waals surface area contributed by atoms with E-state index in [0.29, 0.717) is 6.04 Å². The second-order valence-corrected chi connectivity index (χ2v) is 4.77. The van der Waals surface area contributed by atoms with E-state index < -0.39 is 0 Å². The van der Waals surface area contributed by atoms with Crippen molar-refractivity contribution in [3.8, 4) is 0 Å². The molecule has 1 fully saturated rings. The first-order valence-electron chi connectivity index (χ1n) is 6.63. The van der Waals surface area contributed by atoms with E-state index in [2.05, 4.69) is 18.4 Å². The van der Waals surface area contributed by atoms with E-state index in [-0.39, 0.29) is 0 Å². The normalized spacial score (nSPS) is 15.6. The van der Waals surface area contributed by atoms with Gasteiger partial charge in [0, 0.05) is 12.5 Å². The second-order valence-electron chi connectivity index (χ2n) is 4.77. The molecule has 1 aliphatic carbocycles. The van der Waals surface area contributed by atoms with Crippen molar-refractivity contribution in [2.24, 2.45) is 0 Å². The molecule has 1 aromatic rings. The van der Waals surface area contributed by atoms with Crippen LogP contribution >= 0.6 is 0 Å². The lowest BCUT2D eigenvalue weighted by Gasteiger charge is -2.06. The van der Waals surface area contributed by atoms with Crippen molar-refractivity contribution in [2.45, 2.75) is 64.8 Å². The van der Waals surface area contributed by atoms with Gasteiger partial charge in [-0.1, -0.05) is 26.7 Å². The fourth-order valence-corrected chi connectivity index (χ4v) is 2.26. The lowest BCUT2D eigenvalue weighted by molar-refractivity contribution is 0.696. The Labute approximate surface area is 98.1 Å². The number of anilines is 1. The van der Waals surface area contributed by atoms with Crippen LogP contribution in [-0.2, 0) is 12.8 Å². The Morgan fingerprint density at radius 2 is 2.06 bits per heavy atom. The molecule has 0 bridgehead atoms. The van der Waals surface area contributed by atoms with E-state index in [9.17, 15) is 0 Å². The molecule has 0 saturated heterocycles. The quantitative estimate of drug-likeness (QED) is 0.750. The van der Waals surface area contributed by atoms with Gasteiger partial charge in [-0.3, -0.25) is 0 Å². The maximum Gasteiger partial charge on any atom is 0.127 e. The molecule has 0 unspecified atom stereocenters. The highest BCUT2D eigenvalue weighted by Gasteiger charge is 2.28. The minimum absolute atomic E-state index is 0.655. The number of imidazole rings is 1. The fraction of sp³-hybridized carbons (Fsp3) is 0.769. The monoisotopic (exact) mass is 221 g/mol. The van der Waals surface area contributed by atoms with E-state index in [1.807, 2.05) is 0 Å². The zero-order chi connectivity index (χ0) is 11.5. The summed E-state index contributed by atoms with van der Waals surface area (Å²) in [4.78, 5) is 4.70. The maximum absolute atomic E-state index is 6.20. The average molecular weight is 221 g/mol. The van der Waals surface area contributed by atoms with E-state index in [0.717, 1.165) is 24.4 Å². The lowest BCUT2D eigenvalue weighted by Crippen LogP contribution is -2.04. The maximum atomic E-state index is 6.20. The molecule has 0 radical (unpaired) electrons. The van der Waals surface area contributed by atoms with Crippen LogP contribution in [0.25, 0.3) is 0 Å². The van der Waals surface area contributed by atoms with Gasteiger partial charge < -0.3 is 10.3 Å². The van der Waals surface area contributed by atoms with Crippen LogP contribution in [0, 0.1) is 0 Å². The largest absolute Gasteiger partial charge is 0.384 e. The highest BCUT2D eigenvalue weighted by Crippen LogP contribution is 2.39. The first-order valence-corrected chi connectivity index (χ1v) is 6.63. The minimum Gasteiger partial charge on any atom is -0.384 e. The summed E-state index contributed by atoms with van der Waals surface area (Å²) in [6, 6.07) is 0.655. The predicted molar refractivity (Wildman–Crippen MR) is 67.5 cm³/mol. The van der Waals surface area contributed by atoms with Gasteiger partial charge >= 0.3 is 0 Å². The predicted octanol–water partition coefficient (Wildman–Crippen LogP) is 3.10. The number of rotatable bonds is 6. The van der Waals surface area contributed by atoms with Crippen LogP contribution in [0.4, 0.5) is 5.82 Å². The highest BCUT2D eigenvalue weighted by molar-refractivity contribution is 5.39. The van der Waals surface area contributed by atoms with E-state index in [1.54, 1.807) is 0 Å². The van der Waals surface area contributed by atoms with Gasteiger partial charge in [0.15, 0.2) is 0 Å². The van der Waals surface area contributed by atoms with Crippen LogP contribution in [-0.4, -0.2) is 9.55 Å². The van der Waals surface area contributed by atoms with Crippen LogP contribution in [0.3, 0.4) is 0 Å². The van der Waals surface area contributed by atoms with Crippen molar-refractivity contribution in [1.29, 1.82) is 0 Å². The Bertz CT molecular complexity index is 350. The summed E-state index contributed by atoms with van der Waals surface area (Å²) in [6.45, 7) is 4.39. The molecule has 1 heterocycles. The smallest absolute Gasteiger partial charge is 0.127 e. The molecule has 2 rings (SSSR count). The zero-order valence-electron chi connectivity index (χ0n) is 10.5. The first-order chi connectivity index (χ1) is 7.77. The summed E-state index contributed by atoms with van der Waals surface area (Å²) < 4.78 is 2.28. The molecule has 0 aliphatic heterocycles. The Morgan fingerprint density at radius 1 is 1.31 bits per heavy atom. The van der Waals surface area contributed by atoms with Gasteiger partial charge in [-0.2, -0.15) is 0 Å². The summed E-state index contributed by atoms with van der Waals surface area (Å²) in [5.41, 5.74) is 7.34. The molecule has 0 spiro atoms. The second kappa shape index (κ2) is 4.89. The van der Waals surface area contributed by atoms with Crippen molar-refractivity contribution in [2.75, 3.05) is 5.73 Å². The molecular weight excluding hydrogens is 198 g/mol. The van der Waals surface area contributed by atoms with Crippen LogP contribution in [0.15, 0.2) is 0 Å². The SMILES string of the molecule is CCCCCc1nc(CC)n(C2CC2)c1N. The molecule has 1 aliphatic rings. The number of unbranched alkanes of at least 4 members (excludes halogenated alkanes) is 2. The molecule has 0 atom stereocenters. The Hall–Kier alpha value is -0.990. The number of aromatic nitrogens is 2. The summed E-state index contributed by atoms with van der Waals surface area (Å²) >= 11 is 0. The average Bonchev–Trinajstić information content (AvgIpc) is 3.06. The third-order valence-electron chi connectivity index (χ3n) is 3.34. The van der Waals surface area contributed by atoms with Crippen LogP contribution in [0.5, 0.6) is 0 Å². The molecule has 0 amide bonds. The molecule has 2 N–H and O–H groups in total. The van der Waals surface area contributed by atoms with E-state index in [1.165, 1.54) is 37.9 Å². The van der Waals surface area contributed by atoms with Crippen molar-refractivity contribution in [3.63, 3.8) is 0 Å². The topological polar surface area (TPSA) is 43.8 Å². The molecule has 90 valence electrons. The van der Waals surface area contributed by atoms with Gasteiger partial charge in [0.2, 0.25) is 0 Å². The molecule has 0 aromatic carbocycles. The number of aryl methyl sites for hydroxylation is 2. The van der Waals surface area contributed by atoms with Gasteiger partial charge in [0.05, 0.1) is 5.69 Å². The molecule has 3 nitrogen and oxygen atoms in total. The molecule has 1 aromatic heterocycles. The number of nitrogens with zero attached hydrogens (tertiary/aromatic N) is 2. The summed E-state index contributed by atoms with van der Waals surface area (Å²) in [5.74, 6) is 2.13. The first kappa shape index (κ1) is 11.5. The summed E-state index contributed by atoms with van der Waals surface area (Å²) in [7, 11) is 0. The van der Waals surface area contributed by atoms with Gasteiger partial charge in [-0.15, -0.1) is 0 Å². The van der Waals surface area contributed by atoms with E-state index >= 15 is 0 Å². The standard InChI is InChI=1S/C13H23N3/c1-3-5-6-7-11-13(14)16(10-8-9-10)12(4-2)15-11/h10H,3-9,14H2,1-2H3. The van der Waals surface area contributed by atoms with Crippen LogP contribution < -0.4 is 5.73 Å². The third-order valence-corrected chi connectivity index (χ3v) is 3.34. The van der Waals surface area contributed by atoms with Crippen molar-refractivity contribution < 1.29 is 0 Å². The minimum atomic E-state index is 0.655. The van der Waals surface area contributed by atoms with Crippen LogP contribution in [0.2, 0.25) is 0 Å². The van der Waals surface area contributed by atoms with Crippen molar-refractivity contribution >= 4 is 5.82 Å². The third kappa shape index (κ3) is 2.23. The molecule has 3 heteroatoms. The summed E-state index contributed by atoms with van der Waals surface area (Å²) in [6.07, 6.45) is 8.34. The highest BCUT2D eigenvalue weighted by atomic mass is 15.2. The number of nitrogens with two attached hydrogens (primary N) is 1. The van der Waals surface area contributed by atoms with Gasteiger partial charge in [-0.05, 0) is 25.7 Å². The lowest BCUT2D eigenvalue weighted by atomic mass is 10.1. The van der Waals surface area contributed by atoms with Gasteiger partial charge in [-0.25, -0.2) is 4.98 Å². The van der Waals surface area contributed by atoms with Gasteiger partial charge in [0.1, 0.15) is 11.6 Å². The summed E-state index contributed by atoms with van der Waals surface area (Å²) in [5, 5.41) is 0. The van der Waals surface area contributed by atoms with Crippen LogP contribution in [0.1, 0.15) is 63.5 Å². The van der Waals surface area contributed by atoms with Gasteiger partial charge in [0.25, 0.3) is 0 Å². The number of hydrogen-bond donors (Lipinski definition) is 1. The Kier molecular flexibility index (Phi) is 3.52. The fourth-order valence-electron chi connectivity index (χ4n) is 2.26. The Balaban J connectivity index is 2.12. The molecular formula is C13H23N3. The number of hydrogen-bond acceptors (Lipinski definition) is 2. The molecule has 16 heavy (non-hydrogen) atoms. The number of nitrogen functional groups attached to an aromatic ring is 1. The van der Waals surface area contributed by atoms with Crippen molar-refractivity contribution in [3.05, 3.63) is 11.5 Å². The van der Waals surface area contributed by atoms with Crippen molar-refractivity contribution in [1.82, 2.24) is 9.55 Å².